The van der Waals surface area contributed by atoms with Gasteiger partial charge in [0, 0.05) is 0 Å². The molecule has 0 aliphatic heterocycles. The van der Waals surface area contributed by atoms with Gasteiger partial charge in [0.05, 0.1) is 6.10 Å². The summed E-state index contributed by atoms with van der Waals surface area (Å²) in [6, 6.07) is 8.07. The lowest BCUT2D eigenvalue weighted by atomic mass is 10.1. The molecular formula is C17H24O. The van der Waals surface area contributed by atoms with Gasteiger partial charge < -0.3 is 5.11 Å². The van der Waals surface area contributed by atoms with E-state index in [1.807, 2.05) is 12.1 Å². The van der Waals surface area contributed by atoms with Gasteiger partial charge in [-0.2, -0.15) is 0 Å². The van der Waals surface area contributed by atoms with E-state index in [1.54, 1.807) is 6.92 Å². The van der Waals surface area contributed by atoms with Crippen LogP contribution in [-0.2, 0) is 6.42 Å². The van der Waals surface area contributed by atoms with Crippen molar-refractivity contribution in [1.29, 1.82) is 0 Å². The highest BCUT2D eigenvalue weighted by Gasteiger charge is 1.98. The summed E-state index contributed by atoms with van der Waals surface area (Å²) in [6.45, 7) is 6.04. The zero-order valence-corrected chi connectivity index (χ0v) is 11.7. The van der Waals surface area contributed by atoms with Gasteiger partial charge in [-0.15, -0.1) is 0 Å². The van der Waals surface area contributed by atoms with E-state index < -0.39 is 0 Å². The Morgan fingerprint density at radius 2 is 1.83 bits per heavy atom. The monoisotopic (exact) mass is 244 g/mol. The summed E-state index contributed by atoms with van der Waals surface area (Å²) in [5.74, 6) is 0. The van der Waals surface area contributed by atoms with E-state index in [1.165, 1.54) is 24.0 Å². The van der Waals surface area contributed by atoms with E-state index in [9.17, 15) is 5.11 Å². The van der Waals surface area contributed by atoms with E-state index >= 15 is 0 Å². The van der Waals surface area contributed by atoms with Crippen molar-refractivity contribution >= 4 is 0 Å². The van der Waals surface area contributed by atoms with Crippen molar-refractivity contribution in [2.24, 2.45) is 0 Å². The average molecular weight is 244 g/mol. The molecule has 0 radical (unpaired) electrons. The van der Waals surface area contributed by atoms with Crippen molar-refractivity contribution in [3.8, 4) is 0 Å². The van der Waals surface area contributed by atoms with Gasteiger partial charge in [-0.3, -0.25) is 0 Å². The Bertz CT molecular complexity index is 396. The molecule has 1 aromatic carbocycles. The first-order valence-corrected chi connectivity index (χ1v) is 6.73. The molecule has 1 N–H and O–H groups in total. The molecule has 1 heteroatoms. The highest BCUT2D eigenvalue weighted by Crippen LogP contribution is 2.12. The number of rotatable bonds is 2. The van der Waals surface area contributed by atoms with Crippen molar-refractivity contribution in [2.75, 3.05) is 0 Å². The third-order valence-corrected chi connectivity index (χ3v) is 3.05. The molecular weight excluding hydrogens is 220 g/mol. The van der Waals surface area contributed by atoms with Crippen LogP contribution in [0.25, 0.3) is 0 Å². The number of hydrogen-bond acceptors (Lipinski definition) is 1. The Kier molecular flexibility index (Phi) is 6.45. The lowest BCUT2D eigenvalue weighted by molar-refractivity contribution is 0.199. The van der Waals surface area contributed by atoms with E-state index in [2.05, 4.69) is 44.2 Å². The topological polar surface area (TPSA) is 20.2 Å². The minimum Gasteiger partial charge on any atom is -0.389 e. The van der Waals surface area contributed by atoms with Gasteiger partial charge in [0.1, 0.15) is 0 Å². The Morgan fingerprint density at radius 1 is 1.17 bits per heavy atom. The van der Waals surface area contributed by atoms with Gasteiger partial charge >= 0.3 is 0 Å². The van der Waals surface area contributed by atoms with Crippen LogP contribution in [0.15, 0.2) is 48.1 Å². The molecule has 0 amide bonds. The Balaban J connectivity index is 0.000000199. The van der Waals surface area contributed by atoms with Crippen LogP contribution in [0.1, 0.15) is 50.8 Å². The first-order valence-electron chi connectivity index (χ1n) is 6.73. The van der Waals surface area contributed by atoms with Crippen LogP contribution in [0.5, 0.6) is 0 Å². The third kappa shape index (κ3) is 5.33. The standard InChI is InChI=1S/C10H14O.C7H10/c1-3-9-4-6-10(7-5-9)8(2)11;1-7-5-3-2-4-6-7/h4-8,11H,3H2,1-2H3;3,5-6H,2,4H2,1H3. The molecule has 1 aliphatic rings. The maximum atomic E-state index is 9.19. The average Bonchev–Trinajstić information content (AvgIpc) is 2.40. The predicted molar refractivity (Wildman–Crippen MR) is 78.6 cm³/mol. The predicted octanol–water partition coefficient (Wildman–Crippen LogP) is 4.59. The molecule has 2 rings (SSSR count). The summed E-state index contributed by atoms with van der Waals surface area (Å²) >= 11 is 0. The summed E-state index contributed by atoms with van der Waals surface area (Å²) < 4.78 is 0. The molecule has 0 saturated heterocycles. The molecule has 0 saturated carbocycles. The Hall–Kier alpha value is -1.34. The molecule has 0 aromatic heterocycles. The number of allylic oxidation sites excluding steroid dienone is 4. The maximum absolute atomic E-state index is 9.19. The normalized spacial score (nSPS) is 15.4. The van der Waals surface area contributed by atoms with E-state index in [0.717, 1.165) is 12.0 Å². The molecule has 1 atom stereocenters. The molecule has 0 bridgehead atoms. The molecule has 1 nitrogen and oxygen atoms in total. The molecule has 0 fully saturated rings. The minimum absolute atomic E-state index is 0.346. The van der Waals surface area contributed by atoms with Crippen molar-refractivity contribution < 1.29 is 5.11 Å². The van der Waals surface area contributed by atoms with Gasteiger partial charge in [0.2, 0.25) is 0 Å². The van der Waals surface area contributed by atoms with Crippen molar-refractivity contribution in [3.63, 3.8) is 0 Å². The second-order valence-electron chi connectivity index (χ2n) is 4.70. The maximum Gasteiger partial charge on any atom is 0.0761 e. The van der Waals surface area contributed by atoms with Crippen LogP contribution in [0, 0.1) is 0 Å². The quantitative estimate of drug-likeness (QED) is 0.807. The van der Waals surface area contributed by atoms with Crippen molar-refractivity contribution in [2.45, 2.75) is 46.1 Å². The summed E-state index contributed by atoms with van der Waals surface area (Å²) in [7, 11) is 0. The fourth-order valence-electron chi connectivity index (χ4n) is 1.78. The third-order valence-electron chi connectivity index (χ3n) is 3.05. The van der Waals surface area contributed by atoms with Crippen LogP contribution in [0.3, 0.4) is 0 Å². The van der Waals surface area contributed by atoms with Crippen LogP contribution in [0.2, 0.25) is 0 Å². The number of aliphatic hydroxyl groups is 1. The van der Waals surface area contributed by atoms with Crippen molar-refractivity contribution in [1.82, 2.24) is 0 Å². The fraction of sp³-hybridized carbons (Fsp3) is 0.412. The largest absolute Gasteiger partial charge is 0.389 e. The number of aryl methyl sites for hydroxylation is 1. The molecule has 1 aliphatic carbocycles. The van der Waals surface area contributed by atoms with E-state index in [-0.39, 0.29) is 6.10 Å². The zero-order chi connectivity index (χ0) is 13.4. The van der Waals surface area contributed by atoms with Gasteiger partial charge in [0.15, 0.2) is 0 Å². The minimum atomic E-state index is -0.346. The van der Waals surface area contributed by atoms with Crippen LogP contribution < -0.4 is 0 Å². The number of benzene rings is 1. The van der Waals surface area contributed by atoms with E-state index in [4.69, 9.17) is 0 Å². The lowest BCUT2D eigenvalue weighted by Gasteiger charge is -2.04. The van der Waals surface area contributed by atoms with E-state index in [0.29, 0.717) is 0 Å². The summed E-state index contributed by atoms with van der Waals surface area (Å²) in [4.78, 5) is 0. The molecule has 98 valence electrons. The van der Waals surface area contributed by atoms with Gasteiger partial charge in [-0.25, -0.2) is 0 Å². The molecule has 1 unspecified atom stereocenters. The molecule has 0 heterocycles. The second-order valence-corrected chi connectivity index (χ2v) is 4.70. The van der Waals surface area contributed by atoms with Gasteiger partial charge in [-0.05, 0) is 44.2 Å². The summed E-state index contributed by atoms with van der Waals surface area (Å²) in [6.07, 6.45) is 9.83. The fourth-order valence-corrected chi connectivity index (χ4v) is 1.78. The second kappa shape index (κ2) is 7.88. The summed E-state index contributed by atoms with van der Waals surface area (Å²) in [5.41, 5.74) is 3.71. The first-order chi connectivity index (χ1) is 8.63. The SMILES string of the molecule is CC1=CCCC=C1.CCc1ccc(C(C)O)cc1. The molecule has 1 aromatic rings. The van der Waals surface area contributed by atoms with Crippen LogP contribution in [-0.4, -0.2) is 5.11 Å². The number of hydrogen-bond donors (Lipinski definition) is 1. The van der Waals surface area contributed by atoms with Crippen LogP contribution >= 0.6 is 0 Å². The lowest BCUT2D eigenvalue weighted by Crippen LogP contribution is -1.90. The first kappa shape index (κ1) is 14.7. The number of aliphatic hydroxyl groups excluding tert-OH is 1. The Labute approximate surface area is 111 Å². The smallest absolute Gasteiger partial charge is 0.0761 e. The molecule has 18 heavy (non-hydrogen) atoms. The highest BCUT2D eigenvalue weighted by atomic mass is 16.3. The zero-order valence-electron chi connectivity index (χ0n) is 11.7. The molecule has 0 spiro atoms. The van der Waals surface area contributed by atoms with Gasteiger partial charge in [-0.1, -0.05) is 55.0 Å². The highest BCUT2D eigenvalue weighted by molar-refractivity contribution is 5.23. The summed E-state index contributed by atoms with van der Waals surface area (Å²) in [5, 5.41) is 9.19. The van der Waals surface area contributed by atoms with Crippen molar-refractivity contribution in [3.05, 3.63) is 59.2 Å². The Morgan fingerprint density at radius 3 is 2.17 bits per heavy atom. The van der Waals surface area contributed by atoms with Gasteiger partial charge in [0.25, 0.3) is 0 Å². The van der Waals surface area contributed by atoms with Crippen LogP contribution in [0.4, 0.5) is 0 Å².